The van der Waals surface area contributed by atoms with E-state index in [2.05, 4.69) is 41.5 Å². The fraction of sp³-hybridized carbons (Fsp3) is 0.900. The van der Waals surface area contributed by atoms with Gasteiger partial charge >= 0.3 is 0 Å². The molecule has 0 saturated heterocycles. The van der Waals surface area contributed by atoms with E-state index >= 15 is 0 Å². The third-order valence-corrected chi connectivity index (χ3v) is 5.89. The number of allylic oxidation sites excluding steroid dienone is 2. The summed E-state index contributed by atoms with van der Waals surface area (Å²) in [6, 6.07) is 0. The standard InChI is InChI=1S/C20H38O/c1-14(2)18-17(11-13-20(18,8)15(3)4)16(5)10-9-12-19(6,7)21/h14-15,18,21H,9-13H2,1-8H3/b17-16-/t18-,20+/m0/s1. The van der Waals surface area contributed by atoms with Crippen LogP contribution in [0.5, 0.6) is 0 Å². The molecular weight excluding hydrogens is 256 g/mol. The summed E-state index contributed by atoms with van der Waals surface area (Å²) in [5.41, 5.74) is 3.27. The number of rotatable bonds is 6. The fourth-order valence-electron chi connectivity index (χ4n) is 4.35. The Morgan fingerprint density at radius 2 is 1.86 bits per heavy atom. The molecule has 1 N–H and O–H groups in total. The zero-order valence-corrected chi connectivity index (χ0v) is 15.7. The maximum absolute atomic E-state index is 9.88. The summed E-state index contributed by atoms with van der Waals surface area (Å²) in [6.45, 7) is 18.2. The highest BCUT2D eigenvalue weighted by molar-refractivity contribution is 5.24. The monoisotopic (exact) mass is 294 g/mol. The fourth-order valence-corrected chi connectivity index (χ4v) is 4.35. The third-order valence-electron chi connectivity index (χ3n) is 5.89. The Hall–Kier alpha value is -0.300. The summed E-state index contributed by atoms with van der Waals surface area (Å²) < 4.78 is 0. The van der Waals surface area contributed by atoms with E-state index in [1.165, 1.54) is 12.8 Å². The van der Waals surface area contributed by atoms with Crippen LogP contribution in [0.3, 0.4) is 0 Å². The lowest BCUT2D eigenvalue weighted by Gasteiger charge is -2.39. The van der Waals surface area contributed by atoms with Gasteiger partial charge in [-0.05, 0) is 76.0 Å². The second kappa shape index (κ2) is 6.86. The van der Waals surface area contributed by atoms with Crippen LogP contribution in [-0.2, 0) is 0 Å². The molecule has 2 atom stereocenters. The van der Waals surface area contributed by atoms with Crippen LogP contribution >= 0.6 is 0 Å². The smallest absolute Gasteiger partial charge is 0.0591 e. The largest absolute Gasteiger partial charge is 0.390 e. The highest BCUT2D eigenvalue weighted by Gasteiger charge is 2.45. The lowest BCUT2D eigenvalue weighted by atomic mass is 9.66. The van der Waals surface area contributed by atoms with Crippen molar-refractivity contribution in [3.63, 3.8) is 0 Å². The number of hydrogen-bond acceptors (Lipinski definition) is 1. The molecule has 1 rings (SSSR count). The molecule has 0 spiro atoms. The summed E-state index contributed by atoms with van der Waals surface area (Å²) in [7, 11) is 0. The van der Waals surface area contributed by atoms with E-state index in [4.69, 9.17) is 0 Å². The molecule has 124 valence electrons. The van der Waals surface area contributed by atoms with Crippen LogP contribution in [0, 0.1) is 23.2 Å². The summed E-state index contributed by atoms with van der Waals surface area (Å²) >= 11 is 0. The molecule has 1 fully saturated rings. The maximum Gasteiger partial charge on any atom is 0.0591 e. The van der Waals surface area contributed by atoms with Gasteiger partial charge in [-0.15, -0.1) is 0 Å². The SMILES string of the molecule is C/C(CCCC(C)(C)O)=C1\CC[C@](C)(C(C)C)[C@H]1C(C)C. The van der Waals surface area contributed by atoms with E-state index in [0.717, 1.165) is 37.0 Å². The van der Waals surface area contributed by atoms with Gasteiger partial charge in [-0.2, -0.15) is 0 Å². The molecule has 0 radical (unpaired) electrons. The molecule has 0 aromatic heterocycles. The van der Waals surface area contributed by atoms with Crippen LogP contribution < -0.4 is 0 Å². The Balaban J connectivity index is 2.87. The van der Waals surface area contributed by atoms with Gasteiger partial charge in [0.25, 0.3) is 0 Å². The van der Waals surface area contributed by atoms with Crippen molar-refractivity contribution in [1.82, 2.24) is 0 Å². The van der Waals surface area contributed by atoms with Gasteiger partial charge in [0, 0.05) is 0 Å². The van der Waals surface area contributed by atoms with Crippen LogP contribution in [0.2, 0.25) is 0 Å². The van der Waals surface area contributed by atoms with E-state index in [-0.39, 0.29) is 0 Å². The van der Waals surface area contributed by atoms with E-state index in [1.54, 1.807) is 11.1 Å². The van der Waals surface area contributed by atoms with Gasteiger partial charge in [0.05, 0.1) is 5.60 Å². The van der Waals surface area contributed by atoms with Crippen LogP contribution in [0.4, 0.5) is 0 Å². The van der Waals surface area contributed by atoms with E-state index in [9.17, 15) is 5.11 Å². The molecule has 0 amide bonds. The van der Waals surface area contributed by atoms with Crippen molar-refractivity contribution in [2.75, 3.05) is 0 Å². The second-order valence-electron chi connectivity index (χ2n) is 8.85. The summed E-state index contributed by atoms with van der Waals surface area (Å²) in [4.78, 5) is 0. The van der Waals surface area contributed by atoms with Crippen molar-refractivity contribution in [3.8, 4) is 0 Å². The van der Waals surface area contributed by atoms with Crippen molar-refractivity contribution in [2.24, 2.45) is 23.2 Å². The van der Waals surface area contributed by atoms with E-state index in [0.29, 0.717) is 5.41 Å². The van der Waals surface area contributed by atoms with Gasteiger partial charge in [-0.3, -0.25) is 0 Å². The molecule has 0 aliphatic heterocycles. The molecule has 1 aliphatic carbocycles. The topological polar surface area (TPSA) is 20.2 Å². The van der Waals surface area contributed by atoms with Crippen LogP contribution in [0.25, 0.3) is 0 Å². The molecular formula is C20H38O. The van der Waals surface area contributed by atoms with Gasteiger partial charge < -0.3 is 5.11 Å². The molecule has 1 heteroatoms. The Bertz CT molecular complexity index is 370. The first-order valence-corrected chi connectivity index (χ1v) is 8.90. The number of hydrogen-bond donors (Lipinski definition) is 1. The first kappa shape index (κ1) is 18.7. The predicted octanol–water partition coefficient (Wildman–Crippen LogP) is 5.97. The minimum atomic E-state index is -0.523. The van der Waals surface area contributed by atoms with Crippen molar-refractivity contribution in [3.05, 3.63) is 11.1 Å². The van der Waals surface area contributed by atoms with Gasteiger partial charge in [-0.25, -0.2) is 0 Å². The molecule has 0 bridgehead atoms. The highest BCUT2D eigenvalue weighted by Crippen LogP contribution is 2.55. The zero-order valence-electron chi connectivity index (χ0n) is 15.7. The lowest BCUT2D eigenvalue weighted by molar-refractivity contribution is 0.0688. The second-order valence-corrected chi connectivity index (χ2v) is 8.85. The molecule has 0 aromatic carbocycles. The predicted molar refractivity (Wildman–Crippen MR) is 93.4 cm³/mol. The summed E-state index contributed by atoms with van der Waals surface area (Å²) in [5.74, 6) is 2.20. The normalized spacial score (nSPS) is 29.6. The Morgan fingerprint density at radius 3 is 2.29 bits per heavy atom. The van der Waals surface area contributed by atoms with Gasteiger partial charge in [0.2, 0.25) is 0 Å². The van der Waals surface area contributed by atoms with Crippen molar-refractivity contribution in [1.29, 1.82) is 0 Å². The van der Waals surface area contributed by atoms with Crippen molar-refractivity contribution >= 4 is 0 Å². The minimum absolute atomic E-state index is 0.459. The molecule has 1 nitrogen and oxygen atoms in total. The average Bonchev–Trinajstić information content (AvgIpc) is 2.66. The van der Waals surface area contributed by atoms with Crippen molar-refractivity contribution < 1.29 is 5.11 Å². The van der Waals surface area contributed by atoms with Crippen LogP contribution in [-0.4, -0.2) is 10.7 Å². The molecule has 21 heavy (non-hydrogen) atoms. The van der Waals surface area contributed by atoms with Crippen LogP contribution in [0.1, 0.15) is 87.5 Å². The molecule has 1 saturated carbocycles. The van der Waals surface area contributed by atoms with E-state index < -0.39 is 5.60 Å². The third kappa shape index (κ3) is 4.58. The first-order valence-electron chi connectivity index (χ1n) is 8.90. The average molecular weight is 295 g/mol. The quantitative estimate of drug-likeness (QED) is 0.598. The Labute approximate surface area is 133 Å². The maximum atomic E-state index is 9.88. The van der Waals surface area contributed by atoms with E-state index in [1.807, 2.05) is 13.8 Å². The molecule has 1 aliphatic rings. The van der Waals surface area contributed by atoms with Crippen LogP contribution in [0.15, 0.2) is 11.1 Å². The number of aliphatic hydroxyl groups is 1. The Kier molecular flexibility index (Phi) is 6.12. The van der Waals surface area contributed by atoms with Gasteiger partial charge in [0.15, 0.2) is 0 Å². The molecule has 0 aromatic rings. The summed E-state index contributed by atoms with van der Waals surface area (Å²) in [5, 5.41) is 9.88. The zero-order chi connectivity index (χ0) is 16.4. The first-order chi connectivity index (χ1) is 9.49. The van der Waals surface area contributed by atoms with Crippen molar-refractivity contribution in [2.45, 2.75) is 93.1 Å². The molecule has 0 unspecified atom stereocenters. The molecule has 0 heterocycles. The lowest BCUT2D eigenvalue weighted by Crippen LogP contribution is -2.32. The highest BCUT2D eigenvalue weighted by atomic mass is 16.3. The summed E-state index contributed by atoms with van der Waals surface area (Å²) in [6.07, 6.45) is 5.77. The minimum Gasteiger partial charge on any atom is -0.390 e. The Morgan fingerprint density at radius 1 is 1.29 bits per heavy atom. The van der Waals surface area contributed by atoms with Gasteiger partial charge in [-0.1, -0.05) is 45.8 Å². The van der Waals surface area contributed by atoms with Gasteiger partial charge in [0.1, 0.15) is 0 Å².